The van der Waals surface area contributed by atoms with Gasteiger partial charge >= 0.3 is 0 Å². The largest absolute Gasteiger partial charge is 0.496 e. The fourth-order valence-corrected chi connectivity index (χ4v) is 2.58. The van der Waals surface area contributed by atoms with Crippen LogP contribution in [0.3, 0.4) is 0 Å². The molecular formula is C17H20BrNO2. The Morgan fingerprint density at radius 2 is 1.86 bits per heavy atom. The maximum absolute atomic E-state index is 6.02. The molecule has 2 N–H and O–H groups in total. The summed E-state index contributed by atoms with van der Waals surface area (Å²) < 4.78 is 12.3. The predicted octanol–water partition coefficient (Wildman–Crippen LogP) is 4.36. The van der Waals surface area contributed by atoms with Gasteiger partial charge in [-0.2, -0.15) is 0 Å². The molecule has 0 saturated heterocycles. The van der Waals surface area contributed by atoms with E-state index in [4.69, 9.17) is 15.2 Å². The average Bonchev–Trinajstić information content (AvgIpc) is 2.46. The number of methoxy groups -OCH3 is 1. The molecular weight excluding hydrogens is 330 g/mol. The third-order valence-corrected chi connectivity index (χ3v) is 3.77. The van der Waals surface area contributed by atoms with Crippen molar-refractivity contribution in [3.05, 3.63) is 57.6 Å². The zero-order valence-electron chi connectivity index (χ0n) is 12.5. The molecule has 1 atom stereocenters. The first-order valence-corrected chi connectivity index (χ1v) is 7.62. The number of hydrogen-bond donors (Lipinski definition) is 1. The van der Waals surface area contributed by atoms with Crippen molar-refractivity contribution < 1.29 is 9.47 Å². The molecule has 0 heterocycles. The monoisotopic (exact) mass is 349 g/mol. The summed E-state index contributed by atoms with van der Waals surface area (Å²) in [5.41, 5.74) is 9.20. The van der Waals surface area contributed by atoms with Crippen LogP contribution in [0.5, 0.6) is 11.5 Å². The number of halogens is 1. The van der Waals surface area contributed by atoms with Gasteiger partial charge < -0.3 is 15.2 Å². The van der Waals surface area contributed by atoms with Crippen LogP contribution >= 0.6 is 15.9 Å². The third kappa shape index (κ3) is 3.99. The quantitative estimate of drug-likeness (QED) is 0.871. The van der Waals surface area contributed by atoms with Crippen molar-refractivity contribution >= 4 is 15.9 Å². The molecule has 0 spiro atoms. The molecule has 0 saturated carbocycles. The van der Waals surface area contributed by atoms with Crippen LogP contribution in [0.1, 0.15) is 29.7 Å². The molecule has 0 radical (unpaired) electrons. The van der Waals surface area contributed by atoms with E-state index < -0.39 is 0 Å². The molecule has 112 valence electrons. The van der Waals surface area contributed by atoms with Gasteiger partial charge in [0.1, 0.15) is 18.1 Å². The van der Waals surface area contributed by atoms with Crippen LogP contribution in [0.2, 0.25) is 0 Å². The van der Waals surface area contributed by atoms with Gasteiger partial charge in [-0.05, 0) is 38.1 Å². The van der Waals surface area contributed by atoms with Crippen LogP contribution in [0.4, 0.5) is 0 Å². The first-order chi connectivity index (χ1) is 10.0. The Balaban J connectivity index is 2.22. The number of rotatable bonds is 5. The third-order valence-electron chi connectivity index (χ3n) is 3.28. The van der Waals surface area contributed by atoms with Crippen molar-refractivity contribution in [3.63, 3.8) is 0 Å². The predicted molar refractivity (Wildman–Crippen MR) is 88.8 cm³/mol. The van der Waals surface area contributed by atoms with Crippen LogP contribution in [0.15, 0.2) is 40.9 Å². The molecule has 4 heteroatoms. The zero-order chi connectivity index (χ0) is 15.4. The minimum atomic E-state index is -0.0655. The summed E-state index contributed by atoms with van der Waals surface area (Å²) in [5, 5.41) is 0. The molecule has 21 heavy (non-hydrogen) atoms. The Bertz CT molecular complexity index is 626. The van der Waals surface area contributed by atoms with Crippen molar-refractivity contribution in [3.8, 4) is 11.5 Å². The van der Waals surface area contributed by atoms with Crippen LogP contribution in [0.25, 0.3) is 0 Å². The summed E-state index contributed by atoms with van der Waals surface area (Å²) in [7, 11) is 1.66. The van der Waals surface area contributed by atoms with E-state index in [0.29, 0.717) is 6.61 Å². The molecule has 3 nitrogen and oxygen atoms in total. The standard InChI is InChI=1S/C17H20BrNO2/c1-11-4-6-17(15(8-11)12(2)19)21-10-13-9-14(18)5-7-16(13)20-3/h4-9,12H,10,19H2,1-3H3. The molecule has 0 fully saturated rings. The van der Waals surface area contributed by atoms with Gasteiger partial charge in [0.05, 0.1) is 7.11 Å². The Kier molecular flexibility index (Phi) is 5.26. The van der Waals surface area contributed by atoms with Crippen LogP contribution < -0.4 is 15.2 Å². The van der Waals surface area contributed by atoms with Crippen LogP contribution in [-0.2, 0) is 6.61 Å². The maximum Gasteiger partial charge on any atom is 0.125 e. The van der Waals surface area contributed by atoms with E-state index in [1.807, 2.05) is 44.2 Å². The lowest BCUT2D eigenvalue weighted by Gasteiger charge is -2.16. The summed E-state index contributed by atoms with van der Waals surface area (Å²) in [4.78, 5) is 0. The molecule has 0 amide bonds. The SMILES string of the molecule is COc1ccc(Br)cc1COc1ccc(C)cc1C(C)N. The Morgan fingerprint density at radius 1 is 1.14 bits per heavy atom. The molecule has 0 aliphatic heterocycles. The van der Waals surface area contributed by atoms with E-state index in [1.165, 1.54) is 5.56 Å². The number of hydrogen-bond acceptors (Lipinski definition) is 3. The molecule has 2 rings (SSSR count). The van der Waals surface area contributed by atoms with E-state index >= 15 is 0 Å². The second-order valence-corrected chi connectivity index (χ2v) is 5.99. The van der Waals surface area contributed by atoms with Crippen LogP contribution in [-0.4, -0.2) is 7.11 Å². The Labute approximate surface area is 134 Å². The fraction of sp³-hybridized carbons (Fsp3) is 0.294. The van der Waals surface area contributed by atoms with E-state index in [1.54, 1.807) is 7.11 Å². The number of aryl methyl sites for hydroxylation is 1. The number of benzene rings is 2. The molecule has 2 aromatic rings. The molecule has 0 aliphatic rings. The molecule has 0 aliphatic carbocycles. The first kappa shape index (κ1) is 15.9. The van der Waals surface area contributed by atoms with Gasteiger partial charge in [0, 0.05) is 21.6 Å². The van der Waals surface area contributed by atoms with E-state index in [0.717, 1.165) is 27.1 Å². The highest BCUT2D eigenvalue weighted by molar-refractivity contribution is 9.10. The summed E-state index contributed by atoms with van der Waals surface area (Å²) in [6.07, 6.45) is 0. The van der Waals surface area contributed by atoms with Crippen molar-refractivity contribution in [1.82, 2.24) is 0 Å². The van der Waals surface area contributed by atoms with Crippen molar-refractivity contribution in [2.45, 2.75) is 26.5 Å². The van der Waals surface area contributed by atoms with E-state index in [2.05, 4.69) is 22.0 Å². The first-order valence-electron chi connectivity index (χ1n) is 6.82. The average molecular weight is 350 g/mol. The summed E-state index contributed by atoms with van der Waals surface area (Å²) in [6, 6.07) is 11.9. The summed E-state index contributed by atoms with van der Waals surface area (Å²) in [5.74, 6) is 1.63. The van der Waals surface area contributed by atoms with Gasteiger partial charge in [0.2, 0.25) is 0 Å². The second kappa shape index (κ2) is 6.96. The molecule has 2 aromatic carbocycles. The minimum Gasteiger partial charge on any atom is -0.496 e. The second-order valence-electron chi connectivity index (χ2n) is 5.07. The van der Waals surface area contributed by atoms with Gasteiger partial charge in [0.25, 0.3) is 0 Å². The minimum absolute atomic E-state index is 0.0655. The van der Waals surface area contributed by atoms with Crippen molar-refractivity contribution in [2.75, 3.05) is 7.11 Å². The molecule has 1 unspecified atom stereocenters. The highest BCUT2D eigenvalue weighted by Gasteiger charge is 2.10. The Morgan fingerprint density at radius 3 is 2.52 bits per heavy atom. The highest BCUT2D eigenvalue weighted by atomic mass is 79.9. The number of ether oxygens (including phenoxy) is 2. The van der Waals surface area contributed by atoms with Gasteiger partial charge in [0.15, 0.2) is 0 Å². The molecule has 0 bridgehead atoms. The highest BCUT2D eigenvalue weighted by Crippen LogP contribution is 2.28. The fourth-order valence-electron chi connectivity index (χ4n) is 2.17. The number of nitrogens with two attached hydrogens (primary N) is 1. The van der Waals surface area contributed by atoms with Gasteiger partial charge in [-0.25, -0.2) is 0 Å². The van der Waals surface area contributed by atoms with Crippen molar-refractivity contribution in [2.24, 2.45) is 5.73 Å². The topological polar surface area (TPSA) is 44.5 Å². The molecule has 0 aromatic heterocycles. The van der Waals surface area contributed by atoms with Crippen molar-refractivity contribution in [1.29, 1.82) is 0 Å². The van der Waals surface area contributed by atoms with Gasteiger partial charge in [-0.1, -0.05) is 33.6 Å². The lowest BCUT2D eigenvalue weighted by molar-refractivity contribution is 0.292. The van der Waals surface area contributed by atoms with E-state index in [-0.39, 0.29) is 6.04 Å². The Hall–Kier alpha value is -1.52. The van der Waals surface area contributed by atoms with E-state index in [9.17, 15) is 0 Å². The van der Waals surface area contributed by atoms with Gasteiger partial charge in [-0.15, -0.1) is 0 Å². The summed E-state index contributed by atoms with van der Waals surface area (Å²) in [6.45, 7) is 4.44. The summed E-state index contributed by atoms with van der Waals surface area (Å²) >= 11 is 3.47. The normalized spacial score (nSPS) is 12.0. The zero-order valence-corrected chi connectivity index (χ0v) is 14.1. The maximum atomic E-state index is 6.02. The van der Waals surface area contributed by atoms with Crippen LogP contribution in [0, 0.1) is 6.92 Å². The lowest BCUT2D eigenvalue weighted by atomic mass is 10.1. The lowest BCUT2D eigenvalue weighted by Crippen LogP contribution is -2.08. The smallest absolute Gasteiger partial charge is 0.125 e. The van der Waals surface area contributed by atoms with Gasteiger partial charge in [-0.3, -0.25) is 0 Å².